The van der Waals surface area contributed by atoms with Gasteiger partial charge in [-0.1, -0.05) is 15.9 Å². The summed E-state index contributed by atoms with van der Waals surface area (Å²) in [6, 6.07) is 3.04. The van der Waals surface area contributed by atoms with Crippen molar-refractivity contribution in [2.75, 3.05) is 6.61 Å². The monoisotopic (exact) mass is 324 g/mol. The number of urea groups is 1. The summed E-state index contributed by atoms with van der Waals surface area (Å²) in [5, 5.41) is 1.97. The van der Waals surface area contributed by atoms with Gasteiger partial charge in [0.2, 0.25) is 0 Å². The Bertz CT molecular complexity index is 614. The first-order valence-electron chi connectivity index (χ1n) is 5.67. The second kappa shape index (κ2) is 4.34. The van der Waals surface area contributed by atoms with Crippen LogP contribution in [-0.2, 0) is 22.6 Å². The third kappa shape index (κ3) is 1.99. The highest BCUT2D eigenvalue weighted by Gasteiger charge is 2.37. The van der Waals surface area contributed by atoms with Crippen LogP contribution in [0.4, 0.5) is 4.79 Å². The maximum atomic E-state index is 11.5. The molecule has 1 saturated heterocycles. The van der Waals surface area contributed by atoms with Crippen molar-refractivity contribution in [2.45, 2.75) is 13.0 Å². The van der Waals surface area contributed by atoms with Crippen LogP contribution in [0.5, 0.6) is 5.75 Å². The number of benzene rings is 1. The Morgan fingerprint density at radius 3 is 2.79 bits per heavy atom. The van der Waals surface area contributed by atoms with Crippen molar-refractivity contribution >= 4 is 33.8 Å². The first-order chi connectivity index (χ1) is 9.06. The second-order valence-corrected chi connectivity index (χ2v) is 5.22. The summed E-state index contributed by atoms with van der Waals surface area (Å²) < 4.78 is 6.37. The van der Waals surface area contributed by atoms with Gasteiger partial charge < -0.3 is 4.74 Å². The van der Waals surface area contributed by atoms with Gasteiger partial charge in [0.05, 0.1) is 13.2 Å². The molecule has 1 N–H and O–H groups in total. The molecule has 0 spiro atoms. The number of carbonyl (C=O) groups is 3. The zero-order valence-electron chi connectivity index (χ0n) is 9.73. The normalized spacial score (nSPS) is 17.5. The zero-order chi connectivity index (χ0) is 13.6. The van der Waals surface area contributed by atoms with Crippen LogP contribution in [0.2, 0.25) is 0 Å². The quantitative estimate of drug-likeness (QED) is 0.649. The highest BCUT2D eigenvalue weighted by molar-refractivity contribution is 9.10. The maximum Gasteiger partial charge on any atom is 0.331 e. The number of rotatable bonds is 2. The molecule has 0 atom stereocenters. The van der Waals surface area contributed by atoms with Gasteiger partial charge in [-0.2, -0.15) is 0 Å². The molecule has 98 valence electrons. The number of imide groups is 2. The number of nitrogens with zero attached hydrogens (tertiary/aromatic N) is 1. The van der Waals surface area contributed by atoms with Gasteiger partial charge in [0.25, 0.3) is 0 Å². The van der Waals surface area contributed by atoms with E-state index < -0.39 is 17.8 Å². The minimum Gasteiger partial charge on any atom is -0.493 e. The average Bonchev–Trinajstić information content (AvgIpc) is 2.90. The molecule has 4 amide bonds. The topological polar surface area (TPSA) is 75.7 Å². The van der Waals surface area contributed by atoms with Crippen molar-refractivity contribution in [3.63, 3.8) is 0 Å². The zero-order valence-corrected chi connectivity index (χ0v) is 11.3. The Kier molecular flexibility index (Phi) is 2.78. The molecule has 3 rings (SSSR count). The molecule has 6 nitrogen and oxygen atoms in total. The summed E-state index contributed by atoms with van der Waals surface area (Å²) in [5.74, 6) is -1.03. The molecule has 0 unspecified atom stereocenters. The van der Waals surface area contributed by atoms with Crippen molar-refractivity contribution < 1.29 is 19.1 Å². The molecular weight excluding hydrogens is 316 g/mol. The molecule has 2 aliphatic heterocycles. The first-order valence-corrected chi connectivity index (χ1v) is 6.46. The fourth-order valence-corrected chi connectivity index (χ4v) is 2.76. The van der Waals surface area contributed by atoms with Gasteiger partial charge >= 0.3 is 17.8 Å². The van der Waals surface area contributed by atoms with E-state index in [1.54, 1.807) is 6.07 Å². The fraction of sp³-hybridized carbons (Fsp3) is 0.250. The number of amides is 4. The molecule has 0 aliphatic carbocycles. The van der Waals surface area contributed by atoms with Crippen LogP contribution in [0.1, 0.15) is 11.1 Å². The molecule has 19 heavy (non-hydrogen) atoms. The molecule has 0 radical (unpaired) electrons. The molecule has 2 aliphatic rings. The van der Waals surface area contributed by atoms with Crippen molar-refractivity contribution in [1.82, 2.24) is 10.2 Å². The number of halogens is 1. The largest absolute Gasteiger partial charge is 0.493 e. The Labute approximate surface area is 116 Å². The summed E-state index contributed by atoms with van der Waals surface area (Å²) in [4.78, 5) is 35.1. The maximum absolute atomic E-state index is 11.5. The minimum atomic E-state index is -0.891. The highest BCUT2D eigenvalue weighted by Crippen LogP contribution is 2.34. The Morgan fingerprint density at radius 1 is 1.32 bits per heavy atom. The second-order valence-electron chi connectivity index (χ2n) is 4.30. The van der Waals surface area contributed by atoms with Gasteiger partial charge in [-0.05, 0) is 17.7 Å². The van der Waals surface area contributed by atoms with Crippen molar-refractivity contribution in [1.29, 1.82) is 0 Å². The Hall–Kier alpha value is -1.89. The number of hydrogen-bond donors (Lipinski definition) is 1. The summed E-state index contributed by atoms with van der Waals surface area (Å²) in [6.07, 6.45) is 0.793. The van der Waals surface area contributed by atoms with E-state index in [2.05, 4.69) is 15.9 Å². The molecular formula is C12H9BrN2O4. The van der Waals surface area contributed by atoms with E-state index >= 15 is 0 Å². The van der Waals surface area contributed by atoms with E-state index in [0.29, 0.717) is 17.9 Å². The predicted molar refractivity (Wildman–Crippen MR) is 67.4 cm³/mol. The van der Waals surface area contributed by atoms with Crippen LogP contribution in [0, 0.1) is 0 Å². The third-order valence-electron chi connectivity index (χ3n) is 3.06. The van der Waals surface area contributed by atoms with E-state index in [-0.39, 0.29) is 6.54 Å². The van der Waals surface area contributed by atoms with E-state index in [9.17, 15) is 14.4 Å². The first kappa shape index (κ1) is 12.2. The minimum absolute atomic E-state index is 0.0260. The lowest BCUT2D eigenvalue weighted by molar-refractivity contribution is -0.140. The molecule has 2 heterocycles. The highest BCUT2D eigenvalue weighted by atomic mass is 79.9. The van der Waals surface area contributed by atoms with E-state index in [1.807, 2.05) is 11.4 Å². The number of fused-ring (bicyclic) bond motifs is 1. The lowest BCUT2D eigenvalue weighted by atomic mass is 10.1. The fourth-order valence-electron chi connectivity index (χ4n) is 2.21. The number of ether oxygens (including phenoxy) is 1. The molecule has 7 heteroatoms. The average molecular weight is 325 g/mol. The lowest BCUT2D eigenvalue weighted by Gasteiger charge is -2.14. The Morgan fingerprint density at radius 2 is 2.11 bits per heavy atom. The molecule has 0 saturated carbocycles. The number of hydrogen-bond acceptors (Lipinski definition) is 4. The summed E-state index contributed by atoms with van der Waals surface area (Å²) in [6.45, 7) is 0.607. The smallest absolute Gasteiger partial charge is 0.331 e. The SMILES string of the molecule is O=C1NC(=O)N(Cc2cc(Br)cc3c2OCC3)C1=O. The van der Waals surface area contributed by atoms with Gasteiger partial charge in [-0.25, -0.2) is 4.79 Å². The molecule has 1 aromatic carbocycles. The number of carbonyl (C=O) groups excluding carboxylic acids is 3. The van der Waals surface area contributed by atoms with Gasteiger partial charge in [0, 0.05) is 16.5 Å². The molecule has 1 fully saturated rings. The van der Waals surface area contributed by atoms with Crippen LogP contribution >= 0.6 is 15.9 Å². The van der Waals surface area contributed by atoms with Crippen LogP contribution < -0.4 is 10.1 Å². The summed E-state index contributed by atoms with van der Waals surface area (Å²) >= 11 is 3.38. The van der Waals surface area contributed by atoms with Crippen LogP contribution in [0.15, 0.2) is 16.6 Å². The molecule has 1 aromatic rings. The van der Waals surface area contributed by atoms with Crippen molar-refractivity contribution in [3.05, 3.63) is 27.7 Å². The standard InChI is InChI=1S/C12H9BrN2O4/c13-8-3-6-1-2-19-9(6)7(4-8)5-15-11(17)10(16)14-12(15)18/h3-4H,1-2,5H2,(H,14,16,18). The van der Waals surface area contributed by atoms with Crippen LogP contribution in [-0.4, -0.2) is 29.4 Å². The van der Waals surface area contributed by atoms with Gasteiger partial charge in [0.15, 0.2) is 0 Å². The molecule has 0 bridgehead atoms. The van der Waals surface area contributed by atoms with Crippen molar-refractivity contribution in [2.24, 2.45) is 0 Å². The van der Waals surface area contributed by atoms with Gasteiger partial charge in [-0.15, -0.1) is 0 Å². The third-order valence-corrected chi connectivity index (χ3v) is 3.52. The van der Waals surface area contributed by atoms with E-state index in [0.717, 1.165) is 21.4 Å². The van der Waals surface area contributed by atoms with Crippen LogP contribution in [0.3, 0.4) is 0 Å². The summed E-state index contributed by atoms with van der Waals surface area (Å²) in [5.41, 5.74) is 1.74. The molecule has 0 aromatic heterocycles. The van der Waals surface area contributed by atoms with E-state index in [1.165, 1.54) is 0 Å². The van der Waals surface area contributed by atoms with Crippen molar-refractivity contribution in [3.8, 4) is 5.75 Å². The summed E-state index contributed by atoms with van der Waals surface area (Å²) in [7, 11) is 0. The lowest BCUT2D eigenvalue weighted by Crippen LogP contribution is -2.30. The predicted octanol–water partition coefficient (Wildman–Crippen LogP) is 0.962. The van der Waals surface area contributed by atoms with Gasteiger partial charge in [-0.3, -0.25) is 19.8 Å². The van der Waals surface area contributed by atoms with Crippen LogP contribution in [0.25, 0.3) is 0 Å². The number of nitrogens with one attached hydrogen (secondary N) is 1. The van der Waals surface area contributed by atoms with Gasteiger partial charge in [0.1, 0.15) is 5.75 Å². The van der Waals surface area contributed by atoms with E-state index in [4.69, 9.17) is 4.74 Å². The Balaban J connectivity index is 1.94.